The fourth-order valence-corrected chi connectivity index (χ4v) is 1.93. The van der Waals surface area contributed by atoms with Crippen LogP contribution in [0.4, 0.5) is 17.1 Å². The molecule has 0 radical (unpaired) electrons. The Bertz CT molecular complexity index is 475. The lowest BCUT2D eigenvalue weighted by Gasteiger charge is -2.25. The SMILES string of the molecule is CCNc1cc(NCC(C)(C)CCOC)cc([N+](=O)[O-])c1. The molecular weight excluding hydrogens is 270 g/mol. The lowest BCUT2D eigenvalue weighted by atomic mass is 9.89. The van der Waals surface area contributed by atoms with E-state index in [0.29, 0.717) is 6.61 Å². The Hall–Kier alpha value is -1.82. The fraction of sp³-hybridized carbons (Fsp3) is 0.600. The monoisotopic (exact) mass is 295 g/mol. The molecule has 0 heterocycles. The first-order valence-electron chi connectivity index (χ1n) is 7.14. The number of nitrogens with one attached hydrogen (secondary N) is 2. The van der Waals surface area contributed by atoms with Crippen LogP contribution < -0.4 is 10.6 Å². The van der Waals surface area contributed by atoms with Crippen LogP contribution in [-0.4, -0.2) is 31.7 Å². The average Bonchev–Trinajstić information content (AvgIpc) is 2.43. The smallest absolute Gasteiger partial charge is 0.273 e. The molecule has 0 aliphatic carbocycles. The molecule has 0 saturated carbocycles. The van der Waals surface area contributed by atoms with Gasteiger partial charge in [0.15, 0.2) is 0 Å². The summed E-state index contributed by atoms with van der Waals surface area (Å²) >= 11 is 0. The number of methoxy groups -OCH3 is 1. The van der Waals surface area contributed by atoms with Gasteiger partial charge in [0.2, 0.25) is 0 Å². The first-order chi connectivity index (χ1) is 9.88. The zero-order valence-electron chi connectivity index (χ0n) is 13.2. The molecule has 0 atom stereocenters. The van der Waals surface area contributed by atoms with Gasteiger partial charge in [0.25, 0.3) is 5.69 Å². The number of nitrogens with zero attached hydrogens (tertiary/aromatic N) is 1. The van der Waals surface area contributed by atoms with Crippen molar-refractivity contribution >= 4 is 17.1 Å². The maximum atomic E-state index is 11.0. The molecule has 21 heavy (non-hydrogen) atoms. The third-order valence-electron chi connectivity index (χ3n) is 3.26. The molecule has 2 N–H and O–H groups in total. The van der Waals surface area contributed by atoms with E-state index in [0.717, 1.165) is 30.9 Å². The summed E-state index contributed by atoms with van der Waals surface area (Å²) in [7, 11) is 1.69. The predicted molar refractivity (Wildman–Crippen MR) is 86.0 cm³/mol. The van der Waals surface area contributed by atoms with Gasteiger partial charge in [0, 0.05) is 50.3 Å². The largest absolute Gasteiger partial charge is 0.385 e. The molecule has 118 valence electrons. The first-order valence-corrected chi connectivity index (χ1v) is 7.14. The van der Waals surface area contributed by atoms with Crippen molar-refractivity contribution in [3.8, 4) is 0 Å². The van der Waals surface area contributed by atoms with Crippen molar-refractivity contribution in [2.24, 2.45) is 5.41 Å². The Labute approximate surface area is 126 Å². The Morgan fingerprint density at radius 3 is 2.38 bits per heavy atom. The van der Waals surface area contributed by atoms with Crippen molar-refractivity contribution in [1.82, 2.24) is 0 Å². The molecule has 1 aromatic rings. The topological polar surface area (TPSA) is 76.4 Å². The normalized spacial score (nSPS) is 11.2. The maximum Gasteiger partial charge on any atom is 0.273 e. The summed E-state index contributed by atoms with van der Waals surface area (Å²) in [4.78, 5) is 10.6. The summed E-state index contributed by atoms with van der Waals surface area (Å²) in [5.74, 6) is 0. The van der Waals surface area contributed by atoms with Gasteiger partial charge in [-0.3, -0.25) is 10.1 Å². The highest BCUT2D eigenvalue weighted by atomic mass is 16.6. The van der Waals surface area contributed by atoms with Gasteiger partial charge in [-0.2, -0.15) is 0 Å². The van der Waals surface area contributed by atoms with Gasteiger partial charge >= 0.3 is 0 Å². The number of nitro groups is 1. The number of non-ortho nitro benzene ring substituents is 1. The number of nitro benzene ring substituents is 1. The average molecular weight is 295 g/mol. The van der Waals surface area contributed by atoms with Crippen molar-refractivity contribution in [3.63, 3.8) is 0 Å². The second-order valence-electron chi connectivity index (χ2n) is 5.82. The highest BCUT2D eigenvalue weighted by molar-refractivity contribution is 5.63. The highest BCUT2D eigenvalue weighted by Crippen LogP contribution is 2.26. The molecule has 0 bridgehead atoms. The maximum absolute atomic E-state index is 11.0. The Kier molecular flexibility index (Phi) is 6.42. The molecule has 0 amide bonds. The van der Waals surface area contributed by atoms with Crippen molar-refractivity contribution in [3.05, 3.63) is 28.3 Å². The third-order valence-corrected chi connectivity index (χ3v) is 3.26. The van der Waals surface area contributed by atoms with Crippen molar-refractivity contribution < 1.29 is 9.66 Å². The van der Waals surface area contributed by atoms with Crippen LogP contribution in [0.2, 0.25) is 0 Å². The molecule has 6 nitrogen and oxygen atoms in total. The van der Waals surface area contributed by atoms with E-state index in [1.54, 1.807) is 19.2 Å². The second kappa shape index (κ2) is 7.83. The van der Waals surface area contributed by atoms with Gasteiger partial charge in [-0.15, -0.1) is 0 Å². The van der Waals surface area contributed by atoms with Gasteiger partial charge in [0.05, 0.1) is 4.92 Å². The molecule has 1 aromatic carbocycles. The Morgan fingerprint density at radius 2 is 1.86 bits per heavy atom. The van der Waals surface area contributed by atoms with Crippen LogP contribution in [0.15, 0.2) is 18.2 Å². The predicted octanol–water partition coefficient (Wildman–Crippen LogP) is 3.50. The summed E-state index contributed by atoms with van der Waals surface area (Å²) in [6.07, 6.45) is 0.922. The van der Waals surface area contributed by atoms with E-state index in [2.05, 4.69) is 24.5 Å². The van der Waals surface area contributed by atoms with Gasteiger partial charge in [-0.05, 0) is 24.8 Å². The molecule has 0 aromatic heterocycles. The van der Waals surface area contributed by atoms with Crippen LogP contribution in [0.3, 0.4) is 0 Å². The van der Waals surface area contributed by atoms with E-state index >= 15 is 0 Å². The number of anilines is 2. The van der Waals surface area contributed by atoms with Gasteiger partial charge < -0.3 is 15.4 Å². The zero-order valence-corrected chi connectivity index (χ0v) is 13.2. The van der Waals surface area contributed by atoms with E-state index < -0.39 is 0 Å². The summed E-state index contributed by atoms with van der Waals surface area (Å²) in [5.41, 5.74) is 1.65. The summed E-state index contributed by atoms with van der Waals surface area (Å²) < 4.78 is 5.10. The number of hydrogen-bond acceptors (Lipinski definition) is 5. The lowest BCUT2D eigenvalue weighted by Crippen LogP contribution is -2.24. The number of benzene rings is 1. The molecule has 0 unspecified atom stereocenters. The van der Waals surface area contributed by atoms with E-state index in [4.69, 9.17) is 4.74 Å². The van der Waals surface area contributed by atoms with Crippen molar-refractivity contribution in [2.75, 3.05) is 37.4 Å². The standard InChI is InChI=1S/C15H25N3O3/c1-5-16-12-8-13(10-14(9-12)18(19)20)17-11-15(2,3)6-7-21-4/h8-10,16-17H,5-7,11H2,1-4H3. The number of ether oxygens (including phenoxy) is 1. The highest BCUT2D eigenvalue weighted by Gasteiger charge is 2.18. The lowest BCUT2D eigenvalue weighted by molar-refractivity contribution is -0.384. The minimum absolute atomic E-state index is 0.0545. The molecular formula is C15H25N3O3. The van der Waals surface area contributed by atoms with E-state index in [1.165, 1.54) is 0 Å². The van der Waals surface area contributed by atoms with Gasteiger partial charge in [-0.1, -0.05) is 13.8 Å². The molecule has 0 saturated heterocycles. The van der Waals surface area contributed by atoms with Crippen molar-refractivity contribution in [2.45, 2.75) is 27.2 Å². The van der Waals surface area contributed by atoms with E-state index in [9.17, 15) is 10.1 Å². The fourth-order valence-electron chi connectivity index (χ4n) is 1.93. The van der Waals surface area contributed by atoms with Crippen LogP contribution in [0, 0.1) is 15.5 Å². The Balaban J connectivity index is 2.79. The molecule has 1 rings (SSSR count). The first kappa shape index (κ1) is 17.2. The van der Waals surface area contributed by atoms with E-state index in [1.807, 2.05) is 13.0 Å². The molecule has 0 aliphatic heterocycles. The van der Waals surface area contributed by atoms with Crippen LogP contribution in [0.5, 0.6) is 0 Å². The van der Waals surface area contributed by atoms with Crippen molar-refractivity contribution in [1.29, 1.82) is 0 Å². The summed E-state index contributed by atoms with van der Waals surface area (Å²) in [6.45, 7) is 8.39. The van der Waals surface area contributed by atoms with Gasteiger partial charge in [-0.25, -0.2) is 0 Å². The number of hydrogen-bond donors (Lipinski definition) is 2. The summed E-state index contributed by atoms with van der Waals surface area (Å²) in [6, 6.07) is 5.00. The second-order valence-corrected chi connectivity index (χ2v) is 5.82. The van der Waals surface area contributed by atoms with Gasteiger partial charge in [0.1, 0.15) is 0 Å². The molecule has 0 aliphatic rings. The molecule has 0 spiro atoms. The van der Waals surface area contributed by atoms with Crippen LogP contribution in [0.1, 0.15) is 27.2 Å². The minimum Gasteiger partial charge on any atom is -0.385 e. The van der Waals surface area contributed by atoms with E-state index in [-0.39, 0.29) is 16.0 Å². The van der Waals surface area contributed by atoms with Crippen LogP contribution in [0.25, 0.3) is 0 Å². The Morgan fingerprint density at radius 1 is 1.24 bits per heavy atom. The third kappa shape index (κ3) is 5.99. The number of rotatable bonds is 9. The quantitative estimate of drug-likeness (QED) is 0.538. The molecule has 6 heteroatoms. The minimum atomic E-state index is -0.373. The van der Waals surface area contributed by atoms with Crippen LogP contribution in [-0.2, 0) is 4.74 Å². The molecule has 0 fully saturated rings. The summed E-state index contributed by atoms with van der Waals surface area (Å²) in [5, 5.41) is 17.4. The van der Waals surface area contributed by atoms with Crippen LogP contribution >= 0.6 is 0 Å². The zero-order chi connectivity index (χ0) is 15.9.